The van der Waals surface area contributed by atoms with Gasteiger partial charge >= 0.3 is 5.97 Å². The lowest BCUT2D eigenvalue weighted by atomic mass is 10.0. The van der Waals surface area contributed by atoms with Crippen LogP contribution in [0.3, 0.4) is 0 Å². The van der Waals surface area contributed by atoms with Crippen LogP contribution in [0.15, 0.2) is 59.4 Å². The molecule has 29 heavy (non-hydrogen) atoms. The first-order chi connectivity index (χ1) is 14.1. The van der Waals surface area contributed by atoms with Crippen LogP contribution in [-0.4, -0.2) is 35.0 Å². The predicted octanol–water partition coefficient (Wildman–Crippen LogP) is 2.67. The molecular formula is C22H19NO6. The number of ether oxygens (including phenoxy) is 3. The number of fused-ring (bicyclic) bond motifs is 3. The molecule has 3 aromatic rings. The number of hydrogen-bond acceptors (Lipinski definition) is 5. The molecule has 0 bridgehead atoms. The SMILES string of the molecule is COC1c2c(c3ccccc3n(C[C@@H]3OC3c3ccccc3)c2=O)OC1C(=O)O. The van der Waals surface area contributed by atoms with Crippen LogP contribution in [0.4, 0.5) is 0 Å². The van der Waals surface area contributed by atoms with Crippen molar-refractivity contribution in [2.45, 2.75) is 31.0 Å². The first-order valence-electron chi connectivity index (χ1n) is 9.38. The minimum Gasteiger partial charge on any atom is -0.478 e. The van der Waals surface area contributed by atoms with Crippen LogP contribution in [0.5, 0.6) is 5.75 Å². The highest BCUT2D eigenvalue weighted by Crippen LogP contribution is 2.43. The quantitative estimate of drug-likeness (QED) is 0.671. The summed E-state index contributed by atoms with van der Waals surface area (Å²) in [6, 6.07) is 17.2. The Morgan fingerprint density at radius 3 is 2.59 bits per heavy atom. The number of rotatable bonds is 5. The summed E-state index contributed by atoms with van der Waals surface area (Å²) < 4.78 is 18.5. The molecule has 7 heteroatoms. The number of carboxylic acids is 1. The van der Waals surface area contributed by atoms with Crippen LogP contribution in [-0.2, 0) is 20.8 Å². The number of para-hydroxylation sites is 1. The van der Waals surface area contributed by atoms with Gasteiger partial charge in [-0.05, 0) is 17.7 Å². The number of epoxide rings is 1. The summed E-state index contributed by atoms with van der Waals surface area (Å²) in [5.41, 5.74) is 1.69. The average Bonchev–Trinajstić information content (AvgIpc) is 3.40. The zero-order valence-electron chi connectivity index (χ0n) is 15.6. The Morgan fingerprint density at radius 1 is 1.14 bits per heavy atom. The van der Waals surface area contributed by atoms with Gasteiger partial charge in [-0.3, -0.25) is 4.79 Å². The summed E-state index contributed by atoms with van der Waals surface area (Å²) in [7, 11) is 1.38. The molecule has 0 radical (unpaired) electrons. The summed E-state index contributed by atoms with van der Waals surface area (Å²) >= 11 is 0. The van der Waals surface area contributed by atoms with Gasteiger partial charge in [0.2, 0.25) is 6.10 Å². The molecule has 4 atom stereocenters. The highest BCUT2D eigenvalue weighted by molar-refractivity contribution is 5.89. The summed E-state index contributed by atoms with van der Waals surface area (Å²) in [4.78, 5) is 25.0. The third-order valence-corrected chi connectivity index (χ3v) is 5.53. The maximum absolute atomic E-state index is 13.4. The zero-order chi connectivity index (χ0) is 20.1. The van der Waals surface area contributed by atoms with Gasteiger partial charge in [0.1, 0.15) is 24.1 Å². The van der Waals surface area contributed by atoms with Crippen molar-refractivity contribution in [1.82, 2.24) is 4.57 Å². The summed E-state index contributed by atoms with van der Waals surface area (Å²) in [5, 5.41) is 10.2. The Labute approximate surface area is 166 Å². The maximum Gasteiger partial charge on any atom is 0.348 e. The monoisotopic (exact) mass is 393 g/mol. The molecule has 1 aromatic heterocycles. The number of hydrogen-bond donors (Lipinski definition) is 1. The molecule has 0 amide bonds. The lowest BCUT2D eigenvalue weighted by Gasteiger charge is -2.14. The second kappa shape index (κ2) is 6.72. The van der Waals surface area contributed by atoms with Crippen molar-refractivity contribution in [3.05, 3.63) is 76.1 Å². The van der Waals surface area contributed by atoms with Crippen molar-refractivity contribution in [2.75, 3.05) is 7.11 Å². The van der Waals surface area contributed by atoms with E-state index < -0.39 is 18.2 Å². The normalized spacial score (nSPS) is 24.9. The number of carboxylic acid groups (broad SMARTS) is 1. The molecule has 148 valence electrons. The molecule has 2 aliphatic heterocycles. The second-order valence-electron chi connectivity index (χ2n) is 7.21. The van der Waals surface area contributed by atoms with E-state index in [0.717, 1.165) is 5.56 Å². The number of methoxy groups -OCH3 is 1. The number of carbonyl (C=O) groups is 1. The fourth-order valence-electron chi connectivity index (χ4n) is 4.12. The molecule has 0 aliphatic carbocycles. The van der Waals surface area contributed by atoms with Gasteiger partial charge in [0, 0.05) is 12.5 Å². The smallest absolute Gasteiger partial charge is 0.348 e. The molecular weight excluding hydrogens is 374 g/mol. The zero-order valence-corrected chi connectivity index (χ0v) is 15.6. The van der Waals surface area contributed by atoms with Crippen LogP contribution < -0.4 is 10.3 Å². The van der Waals surface area contributed by atoms with Crippen molar-refractivity contribution in [1.29, 1.82) is 0 Å². The van der Waals surface area contributed by atoms with Crippen LogP contribution >= 0.6 is 0 Å². The minimum atomic E-state index is -1.25. The molecule has 0 spiro atoms. The van der Waals surface area contributed by atoms with Crippen LogP contribution in [0.1, 0.15) is 23.3 Å². The van der Waals surface area contributed by atoms with Gasteiger partial charge in [-0.1, -0.05) is 42.5 Å². The fourth-order valence-corrected chi connectivity index (χ4v) is 4.12. The molecule has 2 aliphatic rings. The van der Waals surface area contributed by atoms with E-state index in [4.69, 9.17) is 14.2 Å². The topological polar surface area (TPSA) is 90.3 Å². The van der Waals surface area contributed by atoms with Crippen LogP contribution in [0.25, 0.3) is 10.9 Å². The van der Waals surface area contributed by atoms with Crippen molar-refractivity contribution in [3.63, 3.8) is 0 Å². The van der Waals surface area contributed by atoms with Crippen molar-refractivity contribution in [2.24, 2.45) is 0 Å². The molecule has 0 saturated carbocycles. The highest BCUT2D eigenvalue weighted by Gasteiger charge is 2.45. The Morgan fingerprint density at radius 2 is 1.86 bits per heavy atom. The number of benzene rings is 2. The van der Waals surface area contributed by atoms with Gasteiger partial charge in [-0.25, -0.2) is 4.79 Å². The number of aromatic nitrogens is 1. The lowest BCUT2D eigenvalue weighted by Crippen LogP contribution is -2.32. The second-order valence-corrected chi connectivity index (χ2v) is 7.21. The standard InChI is InChI=1S/C22H19NO6/c1-27-19-16-18(29-20(19)22(25)26)13-9-5-6-10-14(13)23(21(16)24)11-15-17(28-15)12-7-3-2-4-8-12/h2-10,15,17,19-20H,11H2,1H3,(H,25,26)/t15-,17?,19?,20?/m0/s1. The van der Waals surface area contributed by atoms with Gasteiger partial charge in [0.05, 0.1) is 17.6 Å². The first kappa shape index (κ1) is 17.9. The lowest BCUT2D eigenvalue weighted by molar-refractivity contribution is -0.149. The van der Waals surface area contributed by atoms with E-state index in [9.17, 15) is 14.7 Å². The van der Waals surface area contributed by atoms with E-state index in [-0.39, 0.29) is 29.1 Å². The third-order valence-electron chi connectivity index (χ3n) is 5.53. The number of nitrogens with zero attached hydrogens (tertiary/aromatic N) is 1. The molecule has 1 saturated heterocycles. The Balaban J connectivity index is 1.59. The average molecular weight is 393 g/mol. The highest BCUT2D eigenvalue weighted by atomic mass is 16.6. The molecule has 7 nitrogen and oxygen atoms in total. The molecule has 3 heterocycles. The van der Waals surface area contributed by atoms with Gasteiger partial charge in [-0.15, -0.1) is 0 Å². The van der Waals surface area contributed by atoms with Gasteiger partial charge < -0.3 is 23.9 Å². The summed E-state index contributed by atoms with van der Waals surface area (Å²) in [6.45, 7) is 0.361. The van der Waals surface area contributed by atoms with E-state index in [2.05, 4.69) is 0 Å². The predicted molar refractivity (Wildman–Crippen MR) is 104 cm³/mol. The van der Waals surface area contributed by atoms with E-state index >= 15 is 0 Å². The fraction of sp³-hybridized carbons (Fsp3) is 0.273. The molecule has 1 fully saturated rings. The number of pyridine rings is 1. The van der Waals surface area contributed by atoms with Crippen LogP contribution in [0.2, 0.25) is 0 Å². The van der Waals surface area contributed by atoms with E-state index in [1.807, 2.05) is 54.6 Å². The maximum atomic E-state index is 13.4. The molecule has 3 unspecified atom stereocenters. The van der Waals surface area contributed by atoms with Gasteiger partial charge in [0.15, 0.2) is 0 Å². The number of aliphatic carboxylic acids is 1. The summed E-state index contributed by atoms with van der Waals surface area (Å²) in [6.07, 6.45) is -2.40. The van der Waals surface area contributed by atoms with Crippen molar-refractivity contribution in [3.8, 4) is 5.75 Å². The largest absolute Gasteiger partial charge is 0.478 e. The van der Waals surface area contributed by atoms with Crippen molar-refractivity contribution >= 4 is 16.9 Å². The Bertz CT molecular complexity index is 1160. The van der Waals surface area contributed by atoms with Crippen molar-refractivity contribution < 1.29 is 24.1 Å². The Hall–Kier alpha value is -3.16. The minimum absolute atomic E-state index is 0.0589. The van der Waals surface area contributed by atoms with E-state index in [1.165, 1.54) is 7.11 Å². The third kappa shape index (κ3) is 2.82. The first-order valence-corrected chi connectivity index (χ1v) is 9.38. The Kier molecular flexibility index (Phi) is 4.15. The molecule has 1 N–H and O–H groups in total. The van der Waals surface area contributed by atoms with Gasteiger partial charge in [0.25, 0.3) is 5.56 Å². The molecule has 5 rings (SSSR count). The van der Waals surface area contributed by atoms with Gasteiger partial charge in [-0.2, -0.15) is 0 Å². The molecule has 2 aromatic carbocycles. The van der Waals surface area contributed by atoms with Crippen LogP contribution in [0, 0.1) is 0 Å². The summed E-state index contributed by atoms with van der Waals surface area (Å²) in [5.74, 6) is -0.879. The van der Waals surface area contributed by atoms with E-state index in [1.54, 1.807) is 4.57 Å². The van der Waals surface area contributed by atoms with E-state index in [0.29, 0.717) is 17.4 Å².